The quantitative estimate of drug-likeness (QED) is 0.401. The molecular formula is C23H34N6O3. The number of ether oxygens (including phenoxy) is 1. The van der Waals surface area contributed by atoms with Gasteiger partial charge in [0.05, 0.1) is 12.2 Å². The molecule has 0 aromatic carbocycles. The Morgan fingerprint density at radius 2 is 1.97 bits per heavy atom. The molecule has 2 aromatic rings. The Labute approximate surface area is 188 Å². The number of aliphatic hydroxyl groups is 2. The summed E-state index contributed by atoms with van der Waals surface area (Å²) in [6.45, 7) is 4.61. The lowest BCUT2D eigenvalue weighted by Crippen LogP contribution is -2.59. The molecule has 6 rings (SSSR count). The molecule has 2 aromatic heterocycles. The highest BCUT2D eigenvalue weighted by Crippen LogP contribution is 2.56. The van der Waals surface area contributed by atoms with Gasteiger partial charge in [-0.2, -0.15) is 15.1 Å². The van der Waals surface area contributed by atoms with Crippen LogP contribution < -0.4 is 15.4 Å². The van der Waals surface area contributed by atoms with E-state index in [1.807, 2.05) is 19.9 Å². The van der Waals surface area contributed by atoms with Crippen LogP contribution in [-0.4, -0.2) is 55.2 Å². The van der Waals surface area contributed by atoms with Crippen LogP contribution in [-0.2, 0) is 0 Å². The van der Waals surface area contributed by atoms with Crippen LogP contribution in [0.5, 0.6) is 5.88 Å². The fourth-order valence-electron chi connectivity index (χ4n) is 6.14. The summed E-state index contributed by atoms with van der Waals surface area (Å²) in [7, 11) is 0. The molecule has 5 N–H and O–H groups in total. The van der Waals surface area contributed by atoms with Crippen molar-refractivity contribution < 1.29 is 14.9 Å². The maximum Gasteiger partial charge on any atom is 0.228 e. The summed E-state index contributed by atoms with van der Waals surface area (Å²) in [5.74, 6) is 4.11. The summed E-state index contributed by atoms with van der Waals surface area (Å²) >= 11 is 0. The fraction of sp³-hybridized carbons (Fsp3) is 0.696. The Bertz CT molecular complexity index is 934. The molecule has 0 aliphatic heterocycles. The van der Waals surface area contributed by atoms with Crippen molar-refractivity contribution in [3.63, 3.8) is 0 Å². The summed E-state index contributed by atoms with van der Waals surface area (Å²) in [6.07, 6.45) is 5.72. The summed E-state index contributed by atoms with van der Waals surface area (Å²) in [4.78, 5) is 9.34. The van der Waals surface area contributed by atoms with E-state index in [4.69, 9.17) is 14.8 Å². The molecule has 3 atom stereocenters. The van der Waals surface area contributed by atoms with Gasteiger partial charge in [0.25, 0.3) is 0 Å². The minimum absolute atomic E-state index is 0.143. The number of aromatic amines is 1. The van der Waals surface area contributed by atoms with E-state index in [-0.39, 0.29) is 18.6 Å². The molecule has 4 aliphatic carbocycles. The second kappa shape index (κ2) is 8.51. The standard InChI is InChI=1S/C23H34N6O3/c1-13(3-4-30)12-32-20-8-18(24-19-5-14(2)28-29-19)25-22(26-20)27-21-16-6-15-7-17(21)11-23(31,9-15)10-16/h5,8,13,15-17,21,30-31H,3-4,6-7,9-12H2,1-2H3,(H3,24,25,26,27,28,29)/t13-,15?,16?,17?,21?,23?/m0/s1. The Balaban J connectivity index is 1.35. The third kappa shape index (κ3) is 4.54. The maximum absolute atomic E-state index is 10.9. The lowest BCUT2D eigenvalue weighted by atomic mass is 9.52. The average Bonchev–Trinajstić information content (AvgIpc) is 3.12. The first-order valence-electron chi connectivity index (χ1n) is 11.8. The molecule has 4 saturated carbocycles. The van der Waals surface area contributed by atoms with Crippen LogP contribution in [0.2, 0.25) is 0 Å². The van der Waals surface area contributed by atoms with Gasteiger partial charge in [-0.3, -0.25) is 5.10 Å². The van der Waals surface area contributed by atoms with Crippen molar-refractivity contribution in [3.8, 4) is 5.88 Å². The number of aromatic nitrogens is 4. The summed E-state index contributed by atoms with van der Waals surface area (Å²) in [5, 5.41) is 34.1. The van der Waals surface area contributed by atoms with E-state index >= 15 is 0 Å². The molecule has 9 heteroatoms. The fourth-order valence-corrected chi connectivity index (χ4v) is 6.14. The van der Waals surface area contributed by atoms with Gasteiger partial charge in [0.1, 0.15) is 5.82 Å². The van der Waals surface area contributed by atoms with Gasteiger partial charge in [-0.25, -0.2) is 0 Å². The van der Waals surface area contributed by atoms with E-state index in [2.05, 4.69) is 25.8 Å². The van der Waals surface area contributed by atoms with Crippen LogP contribution in [0.25, 0.3) is 0 Å². The van der Waals surface area contributed by atoms with Gasteiger partial charge in [0, 0.05) is 30.5 Å². The van der Waals surface area contributed by atoms with Gasteiger partial charge in [-0.1, -0.05) is 6.92 Å². The van der Waals surface area contributed by atoms with E-state index in [0.29, 0.717) is 54.2 Å². The lowest BCUT2D eigenvalue weighted by molar-refractivity contribution is -0.129. The predicted molar refractivity (Wildman–Crippen MR) is 121 cm³/mol. The van der Waals surface area contributed by atoms with Crippen LogP contribution in [0.4, 0.5) is 17.6 Å². The topological polar surface area (TPSA) is 128 Å². The zero-order chi connectivity index (χ0) is 22.3. The number of hydrogen-bond acceptors (Lipinski definition) is 8. The number of anilines is 3. The second-order valence-electron chi connectivity index (χ2n) is 10.3. The minimum atomic E-state index is -0.464. The number of nitrogens with one attached hydrogen (secondary N) is 3. The smallest absolute Gasteiger partial charge is 0.228 e. The molecule has 4 aliphatic rings. The first kappa shape index (κ1) is 21.5. The van der Waals surface area contributed by atoms with Crippen molar-refractivity contribution in [1.29, 1.82) is 0 Å². The number of H-pyrrole nitrogens is 1. The molecule has 32 heavy (non-hydrogen) atoms. The SMILES string of the molecule is Cc1cc(Nc2cc(OC[C@@H](C)CCO)nc(NC3C4CC5CC3CC(O)(C5)C4)n2)n[nH]1. The van der Waals surface area contributed by atoms with Gasteiger partial charge in [-0.05, 0) is 69.1 Å². The number of aliphatic hydroxyl groups excluding tert-OH is 1. The van der Waals surface area contributed by atoms with E-state index in [1.54, 1.807) is 6.07 Å². The van der Waals surface area contributed by atoms with E-state index in [1.165, 1.54) is 12.8 Å². The minimum Gasteiger partial charge on any atom is -0.477 e. The van der Waals surface area contributed by atoms with Crippen LogP contribution in [0.3, 0.4) is 0 Å². The van der Waals surface area contributed by atoms with Gasteiger partial charge >= 0.3 is 0 Å². The van der Waals surface area contributed by atoms with Crippen LogP contribution in [0, 0.1) is 30.6 Å². The van der Waals surface area contributed by atoms with E-state index in [0.717, 1.165) is 25.0 Å². The molecule has 0 saturated heterocycles. The van der Waals surface area contributed by atoms with Crippen molar-refractivity contribution in [2.24, 2.45) is 23.7 Å². The van der Waals surface area contributed by atoms with Crippen LogP contribution in [0.15, 0.2) is 12.1 Å². The number of aryl methyl sites for hydroxylation is 1. The van der Waals surface area contributed by atoms with Crippen LogP contribution >= 0.6 is 0 Å². The summed E-state index contributed by atoms with van der Waals surface area (Å²) in [6, 6.07) is 3.97. The Morgan fingerprint density at radius 1 is 1.19 bits per heavy atom. The van der Waals surface area contributed by atoms with Crippen molar-refractivity contribution >= 4 is 17.6 Å². The summed E-state index contributed by atoms with van der Waals surface area (Å²) in [5.41, 5.74) is 0.495. The zero-order valence-electron chi connectivity index (χ0n) is 18.8. The average molecular weight is 443 g/mol. The number of hydrogen-bond donors (Lipinski definition) is 5. The van der Waals surface area contributed by atoms with Crippen LogP contribution in [0.1, 0.15) is 51.1 Å². The Hall–Kier alpha value is -2.39. The maximum atomic E-state index is 10.9. The Morgan fingerprint density at radius 3 is 2.62 bits per heavy atom. The van der Waals surface area contributed by atoms with Gasteiger partial charge in [-0.15, -0.1) is 0 Å². The first-order valence-corrected chi connectivity index (χ1v) is 11.8. The first-order chi connectivity index (χ1) is 15.4. The number of rotatable bonds is 9. The summed E-state index contributed by atoms with van der Waals surface area (Å²) < 4.78 is 5.96. The van der Waals surface area contributed by atoms with Gasteiger partial charge in [0.2, 0.25) is 11.8 Å². The second-order valence-corrected chi connectivity index (χ2v) is 10.3. The molecule has 4 bridgehead atoms. The molecule has 4 fully saturated rings. The van der Waals surface area contributed by atoms with Crippen molar-refractivity contribution in [3.05, 3.63) is 17.8 Å². The molecular weight excluding hydrogens is 408 g/mol. The van der Waals surface area contributed by atoms with E-state index in [9.17, 15) is 5.11 Å². The zero-order valence-corrected chi connectivity index (χ0v) is 18.8. The highest BCUT2D eigenvalue weighted by Gasteiger charge is 2.54. The molecule has 2 unspecified atom stereocenters. The molecule has 0 amide bonds. The largest absolute Gasteiger partial charge is 0.477 e. The highest BCUT2D eigenvalue weighted by atomic mass is 16.5. The highest BCUT2D eigenvalue weighted by molar-refractivity contribution is 5.55. The third-order valence-corrected chi connectivity index (χ3v) is 7.34. The van der Waals surface area contributed by atoms with E-state index < -0.39 is 5.60 Å². The molecule has 9 nitrogen and oxygen atoms in total. The molecule has 2 heterocycles. The molecule has 174 valence electrons. The lowest BCUT2D eigenvalue weighted by Gasteiger charge is -2.58. The molecule has 0 radical (unpaired) electrons. The normalized spacial score (nSPS) is 31.5. The third-order valence-electron chi connectivity index (χ3n) is 7.34. The van der Waals surface area contributed by atoms with Crippen molar-refractivity contribution in [2.75, 3.05) is 23.8 Å². The number of nitrogens with zero attached hydrogens (tertiary/aromatic N) is 3. The van der Waals surface area contributed by atoms with Gasteiger partial charge in [0.15, 0.2) is 5.82 Å². The predicted octanol–water partition coefficient (Wildman–Crippen LogP) is 3.00. The monoisotopic (exact) mass is 442 g/mol. The Kier molecular flexibility index (Phi) is 5.71. The van der Waals surface area contributed by atoms with Crippen molar-refractivity contribution in [1.82, 2.24) is 20.2 Å². The molecule has 0 spiro atoms. The van der Waals surface area contributed by atoms with Crippen molar-refractivity contribution in [2.45, 2.75) is 64.0 Å². The van der Waals surface area contributed by atoms with Gasteiger partial charge < -0.3 is 25.6 Å².